The van der Waals surface area contributed by atoms with Crippen LogP contribution in [0.15, 0.2) is 71.6 Å². The molecule has 9 heteroatoms. The predicted octanol–water partition coefficient (Wildman–Crippen LogP) is 4.11. The van der Waals surface area contributed by atoms with E-state index in [1.165, 1.54) is 37.4 Å². The number of carbonyl (C=O) groups excluding carboxylic acids is 1. The van der Waals surface area contributed by atoms with Gasteiger partial charge in [0.05, 0.1) is 32.8 Å². The summed E-state index contributed by atoms with van der Waals surface area (Å²) in [5, 5.41) is 11.6. The first kappa shape index (κ1) is 22.3. The number of anilines is 1. The summed E-state index contributed by atoms with van der Waals surface area (Å²) < 4.78 is 40.1. The smallest absolute Gasteiger partial charge is 0.264 e. The quantitative estimate of drug-likeness (QED) is 0.603. The van der Waals surface area contributed by atoms with Crippen LogP contribution in [0.5, 0.6) is 0 Å². The third-order valence-corrected chi connectivity index (χ3v) is 6.68. The van der Waals surface area contributed by atoms with Gasteiger partial charge < -0.3 is 5.32 Å². The number of benzene rings is 3. The van der Waals surface area contributed by atoms with E-state index >= 15 is 0 Å². The second-order valence-corrected chi connectivity index (χ2v) is 8.96. The van der Waals surface area contributed by atoms with Crippen LogP contribution in [0, 0.1) is 17.1 Å². The Morgan fingerprint density at radius 2 is 1.74 bits per heavy atom. The van der Waals surface area contributed by atoms with Gasteiger partial charge in [0.1, 0.15) is 5.82 Å². The molecule has 1 N–H and O–H groups in total. The lowest BCUT2D eigenvalue weighted by Crippen LogP contribution is -2.27. The highest BCUT2D eigenvalue weighted by Crippen LogP contribution is 2.26. The highest BCUT2D eigenvalue weighted by atomic mass is 35.5. The van der Waals surface area contributed by atoms with Crippen LogP contribution in [0.3, 0.4) is 0 Å². The van der Waals surface area contributed by atoms with Crippen molar-refractivity contribution in [2.24, 2.45) is 0 Å². The van der Waals surface area contributed by atoms with Crippen molar-refractivity contribution < 1.29 is 17.6 Å². The van der Waals surface area contributed by atoms with Crippen LogP contribution in [0.25, 0.3) is 0 Å². The van der Waals surface area contributed by atoms with E-state index < -0.39 is 21.7 Å². The first-order chi connectivity index (χ1) is 14.7. The van der Waals surface area contributed by atoms with Crippen molar-refractivity contribution in [3.8, 4) is 6.07 Å². The lowest BCUT2D eigenvalue weighted by Gasteiger charge is -2.20. The zero-order chi connectivity index (χ0) is 22.6. The van der Waals surface area contributed by atoms with Gasteiger partial charge >= 0.3 is 0 Å². The van der Waals surface area contributed by atoms with Gasteiger partial charge in [0.15, 0.2) is 0 Å². The summed E-state index contributed by atoms with van der Waals surface area (Å²) in [4.78, 5) is 12.5. The Hall–Kier alpha value is -3.41. The summed E-state index contributed by atoms with van der Waals surface area (Å²) in [5.74, 6) is -1.03. The van der Waals surface area contributed by atoms with Gasteiger partial charge in [0, 0.05) is 13.6 Å². The predicted molar refractivity (Wildman–Crippen MR) is 116 cm³/mol. The van der Waals surface area contributed by atoms with Gasteiger partial charge in [0.25, 0.3) is 15.9 Å². The number of amides is 1. The minimum absolute atomic E-state index is 0.00360. The Morgan fingerprint density at radius 3 is 2.35 bits per heavy atom. The van der Waals surface area contributed by atoms with Gasteiger partial charge in [-0.25, -0.2) is 12.8 Å². The maximum atomic E-state index is 13.1. The zero-order valence-corrected chi connectivity index (χ0v) is 17.9. The second-order valence-electron chi connectivity index (χ2n) is 6.58. The van der Waals surface area contributed by atoms with Crippen molar-refractivity contribution in [2.45, 2.75) is 11.4 Å². The first-order valence-electron chi connectivity index (χ1n) is 9.03. The minimum atomic E-state index is -4.01. The lowest BCUT2D eigenvalue weighted by atomic mass is 10.1. The van der Waals surface area contributed by atoms with E-state index in [-0.39, 0.29) is 27.7 Å². The number of carbonyl (C=O) groups is 1. The molecule has 0 aromatic heterocycles. The highest BCUT2D eigenvalue weighted by molar-refractivity contribution is 7.92. The summed E-state index contributed by atoms with van der Waals surface area (Å²) in [6.45, 7) is 0.174. The molecule has 0 heterocycles. The molecular weight excluding hydrogens is 441 g/mol. The molecule has 3 aromatic carbocycles. The fraction of sp³-hybridized carbons (Fsp3) is 0.0909. The summed E-state index contributed by atoms with van der Waals surface area (Å²) >= 11 is 6.13. The lowest BCUT2D eigenvalue weighted by molar-refractivity contribution is 0.0951. The van der Waals surface area contributed by atoms with Crippen LogP contribution in [-0.4, -0.2) is 21.4 Å². The molecule has 158 valence electrons. The normalized spacial score (nSPS) is 10.9. The molecule has 31 heavy (non-hydrogen) atoms. The van der Waals surface area contributed by atoms with Crippen LogP contribution in [-0.2, 0) is 16.6 Å². The topological polar surface area (TPSA) is 90.3 Å². The molecule has 0 spiro atoms. The van der Waals surface area contributed by atoms with Gasteiger partial charge in [-0.15, -0.1) is 0 Å². The second kappa shape index (κ2) is 9.16. The number of sulfonamides is 1. The molecule has 0 saturated heterocycles. The van der Waals surface area contributed by atoms with E-state index in [1.807, 2.05) is 6.07 Å². The Morgan fingerprint density at radius 1 is 1.10 bits per heavy atom. The van der Waals surface area contributed by atoms with Crippen molar-refractivity contribution in [2.75, 3.05) is 11.4 Å². The summed E-state index contributed by atoms with van der Waals surface area (Å²) in [5.41, 5.74) is 1.54. The largest absolute Gasteiger partial charge is 0.348 e. The van der Waals surface area contributed by atoms with Gasteiger partial charge in [-0.05, 0) is 60.2 Å². The zero-order valence-electron chi connectivity index (χ0n) is 16.3. The van der Waals surface area contributed by atoms with E-state index in [9.17, 15) is 17.6 Å². The van der Waals surface area contributed by atoms with E-state index in [4.69, 9.17) is 16.9 Å². The van der Waals surface area contributed by atoms with E-state index in [2.05, 4.69) is 5.32 Å². The number of nitrogens with one attached hydrogen (secondary N) is 1. The third kappa shape index (κ3) is 5.02. The van der Waals surface area contributed by atoms with Gasteiger partial charge in [-0.3, -0.25) is 9.10 Å². The molecule has 0 radical (unpaired) electrons. The summed E-state index contributed by atoms with van der Waals surface area (Å²) in [6, 6.07) is 17.5. The third-order valence-electron chi connectivity index (χ3n) is 4.57. The number of hydrogen-bond acceptors (Lipinski definition) is 4. The molecule has 0 bridgehead atoms. The van der Waals surface area contributed by atoms with Gasteiger partial charge in [-0.2, -0.15) is 5.26 Å². The van der Waals surface area contributed by atoms with Crippen LogP contribution in [0.4, 0.5) is 10.1 Å². The summed E-state index contributed by atoms with van der Waals surface area (Å²) in [7, 11) is -2.68. The van der Waals surface area contributed by atoms with Gasteiger partial charge in [-0.1, -0.05) is 23.7 Å². The summed E-state index contributed by atoms with van der Waals surface area (Å²) in [6.07, 6.45) is 0. The number of nitriles is 1. The monoisotopic (exact) mass is 457 g/mol. The Labute approximate surface area is 184 Å². The molecule has 3 aromatic rings. The molecule has 1 amide bonds. The average Bonchev–Trinajstić information content (AvgIpc) is 2.78. The molecule has 0 aliphatic heterocycles. The molecule has 6 nitrogen and oxygen atoms in total. The van der Waals surface area contributed by atoms with Crippen molar-refractivity contribution >= 4 is 33.2 Å². The molecule has 0 unspecified atom stereocenters. The van der Waals surface area contributed by atoms with Crippen LogP contribution < -0.4 is 9.62 Å². The minimum Gasteiger partial charge on any atom is -0.348 e. The standard InChI is InChI=1S/C22H17ClFN3O3S/c1-27(18-8-6-17(24)7-9-18)31(29,30)19-10-11-21(23)20(12-19)22(28)26-14-16-4-2-15(13-25)3-5-16/h2-12H,14H2,1H3,(H,26,28). The Bertz CT molecular complexity index is 1250. The SMILES string of the molecule is CN(c1ccc(F)cc1)S(=O)(=O)c1ccc(Cl)c(C(=O)NCc2ccc(C#N)cc2)c1. The number of hydrogen-bond donors (Lipinski definition) is 1. The number of halogens is 2. The molecule has 0 fully saturated rings. The first-order valence-corrected chi connectivity index (χ1v) is 10.9. The van der Waals surface area contributed by atoms with E-state index in [0.717, 1.165) is 22.0 Å². The molecule has 0 saturated carbocycles. The molecule has 0 atom stereocenters. The van der Waals surface area contributed by atoms with Crippen molar-refractivity contribution in [3.05, 3.63) is 94.3 Å². The molecule has 0 aliphatic rings. The van der Waals surface area contributed by atoms with Crippen molar-refractivity contribution in [1.82, 2.24) is 5.32 Å². The van der Waals surface area contributed by atoms with Crippen LogP contribution in [0.1, 0.15) is 21.5 Å². The maximum absolute atomic E-state index is 13.1. The van der Waals surface area contributed by atoms with E-state index in [0.29, 0.717) is 5.56 Å². The van der Waals surface area contributed by atoms with E-state index in [1.54, 1.807) is 24.3 Å². The average molecular weight is 458 g/mol. The molecular formula is C22H17ClFN3O3S. The Balaban J connectivity index is 1.82. The van der Waals surface area contributed by atoms with Crippen molar-refractivity contribution in [1.29, 1.82) is 5.26 Å². The van der Waals surface area contributed by atoms with Crippen molar-refractivity contribution in [3.63, 3.8) is 0 Å². The van der Waals surface area contributed by atoms with Gasteiger partial charge in [0.2, 0.25) is 0 Å². The molecule has 0 aliphatic carbocycles. The molecule has 3 rings (SSSR count). The fourth-order valence-electron chi connectivity index (χ4n) is 2.76. The van der Waals surface area contributed by atoms with Crippen LogP contribution >= 0.6 is 11.6 Å². The maximum Gasteiger partial charge on any atom is 0.264 e. The Kier molecular flexibility index (Phi) is 6.59. The fourth-order valence-corrected chi connectivity index (χ4v) is 4.19. The number of nitrogens with zero attached hydrogens (tertiary/aromatic N) is 2. The number of rotatable bonds is 6. The van der Waals surface area contributed by atoms with Crippen LogP contribution in [0.2, 0.25) is 5.02 Å². The highest BCUT2D eigenvalue weighted by Gasteiger charge is 2.24.